The molecule has 198 valence electrons. The maximum atomic E-state index is 13.0. The van der Waals surface area contributed by atoms with E-state index >= 15 is 0 Å². The number of halogens is 1. The van der Waals surface area contributed by atoms with Crippen LogP contribution in [0, 0.1) is 0 Å². The van der Waals surface area contributed by atoms with Crippen LogP contribution in [0.2, 0.25) is 5.02 Å². The molecule has 4 rings (SSSR count). The van der Waals surface area contributed by atoms with Crippen LogP contribution < -0.4 is 19.5 Å². The lowest BCUT2D eigenvalue weighted by molar-refractivity contribution is 0.102. The monoisotopic (exact) mass is 527 g/mol. The highest BCUT2D eigenvalue weighted by Crippen LogP contribution is 2.35. The molecule has 1 aliphatic heterocycles. The lowest BCUT2D eigenvalue weighted by Crippen LogP contribution is -2.44. The van der Waals surface area contributed by atoms with E-state index in [2.05, 4.69) is 32.1 Å². The number of piperazine rings is 1. The van der Waals surface area contributed by atoms with E-state index in [9.17, 15) is 4.79 Å². The molecule has 1 fully saturated rings. The van der Waals surface area contributed by atoms with E-state index in [0.29, 0.717) is 51.2 Å². The summed E-state index contributed by atoms with van der Waals surface area (Å²) in [7, 11) is 3.66. The Labute approximate surface area is 222 Å². The number of benzene rings is 2. The molecule has 1 saturated heterocycles. The third-order valence-corrected chi connectivity index (χ3v) is 6.48. The molecular weight excluding hydrogens is 494 g/mol. The molecule has 0 spiro atoms. The third-order valence-electron chi connectivity index (χ3n) is 6.17. The van der Waals surface area contributed by atoms with Crippen molar-refractivity contribution < 1.29 is 19.0 Å². The number of anilines is 1. The zero-order valence-electron chi connectivity index (χ0n) is 21.8. The molecule has 3 aromatic rings. The van der Waals surface area contributed by atoms with Crippen LogP contribution in [0.5, 0.6) is 17.2 Å². The Balaban J connectivity index is 1.51. The molecule has 37 heavy (non-hydrogen) atoms. The highest BCUT2D eigenvalue weighted by molar-refractivity contribution is 6.32. The normalized spacial score (nSPS) is 14.6. The van der Waals surface area contributed by atoms with Gasteiger partial charge in [0.05, 0.1) is 35.7 Å². The largest absolute Gasteiger partial charge is 0.495 e. The Hall–Kier alpha value is -3.14. The van der Waals surface area contributed by atoms with Crippen LogP contribution >= 0.6 is 11.6 Å². The van der Waals surface area contributed by atoms with Crippen LogP contribution in [0.3, 0.4) is 0 Å². The van der Waals surface area contributed by atoms with E-state index in [1.54, 1.807) is 18.2 Å². The Morgan fingerprint density at radius 2 is 1.89 bits per heavy atom. The second-order valence-corrected chi connectivity index (χ2v) is 9.76. The molecule has 1 amide bonds. The number of nitrogens with one attached hydrogen (secondary N) is 1. The first-order valence-electron chi connectivity index (χ1n) is 12.5. The summed E-state index contributed by atoms with van der Waals surface area (Å²) in [6.45, 7) is 9.86. The minimum Gasteiger partial charge on any atom is -0.495 e. The summed E-state index contributed by atoms with van der Waals surface area (Å²) >= 11 is 6.10. The quantitative estimate of drug-likeness (QED) is 0.389. The fourth-order valence-electron chi connectivity index (χ4n) is 4.18. The topological polar surface area (TPSA) is 89.0 Å². The van der Waals surface area contributed by atoms with Gasteiger partial charge in [-0.2, -0.15) is 0 Å². The van der Waals surface area contributed by atoms with Crippen LogP contribution in [-0.4, -0.2) is 85.3 Å². The first kappa shape index (κ1) is 26.9. The van der Waals surface area contributed by atoms with Gasteiger partial charge >= 0.3 is 0 Å². The van der Waals surface area contributed by atoms with E-state index in [-0.39, 0.29) is 12.0 Å². The molecule has 2 heterocycles. The van der Waals surface area contributed by atoms with Gasteiger partial charge in [-0.25, -0.2) is 9.97 Å². The van der Waals surface area contributed by atoms with Crippen molar-refractivity contribution in [2.75, 3.05) is 58.8 Å². The number of hydrogen-bond acceptors (Lipinski definition) is 8. The fraction of sp³-hybridized carbons (Fsp3) is 0.444. The smallest absolute Gasteiger partial charge is 0.256 e. The van der Waals surface area contributed by atoms with Crippen molar-refractivity contribution in [1.29, 1.82) is 0 Å². The van der Waals surface area contributed by atoms with Gasteiger partial charge < -0.3 is 29.3 Å². The highest BCUT2D eigenvalue weighted by atomic mass is 35.5. The molecule has 0 saturated carbocycles. The van der Waals surface area contributed by atoms with E-state index in [0.717, 1.165) is 39.1 Å². The number of methoxy groups -OCH3 is 1. The van der Waals surface area contributed by atoms with Gasteiger partial charge in [-0.3, -0.25) is 4.79 Å². The van der Waals surface area contributed by atoms with Crippen molar-refractivity contribution in [2.45, 2.75) is 26.4 Å². The molecule has 9 nitrogen and oxygen atoms in total. The van der Waals surface area contributed by atoms with Gasteiger partial charge in [-0.1, -0.05) is 11.6 Å². The Kier molecular flexibility index (Phi) is 9.02. The van der Waals surface area contributed by atoms with Crippen LogP contribution in [-0.2, 0) is 0 Å². The van der Waals surface area contributed by atoms with Gasteiger partial charge in [-0.15, -0.1) is 0 Å². The summed E-state index contributed by atoms with van der Waals surface area (Å²) in [6, 6.07) is 8.52. The maximum absolute atomic E-state index is 13.0. The molecule has 1 aliphatic rings. The molecule has 0 radical (unpaired) electrons. The molecule has 1 N–H and O–H groups in total. The van der Waals surface area contributed by atoms with Gasteiger partial charge in [0.25, 0.3) is 5.91 Å². The average Bonchev–Trinajstić information content (AvgIpc) is 2.87. The first-order chi connectivity index (χ1) is 17.8. The van der Waals surface area contributed by atoms with Crippen LogP contribution in [0.25, 0.3) is 10.9 Å². The molecule has 2 aromatic carbocycles. The Bertz CT molecular complexity index is 1230. The summed E-state index contributed by atoms with van der Waals surface area (Å²) in [5, 5.41) is 3.91. The molecule has 0 unspecified atom stereocenters. The number of fused-ring (bicyclic) bond motifs is 1. The van der Waals surface area contributed by atoms with Crippen LogP contribution in [0.4, 0.5) is 5.82 Å². The zero-order valence-corrected chi connectivity index (χ0v) is 22.5. The molecule has 10 heteroatoms. The van der Waals surface area contributed by atoms with Crippen molar-refractivity contribution in [2.24, 2.45) is 0 Å². The zero-order chi connectivity index (χ0) is 26.4. The summed E-state index contributed by atoms with van der Waals surface area (Å²) in [6.07, 6.45) is 2.24. The number of carbonyl (C=O) groups excluding carboxylic acids is 1. The van der Waals surface area contributed by atoms with Gasteiger partial charge in [0.1, 0.15) is 29.4 Å². The number of rotatable bonds is 10. The number of likely N-dealkylation sites (N-methyl/N-ethyl adjacent to an activating group) is 1. The van der Waals surface area contributed by atoms with Crippen molar-refractivity contribution in [3.8, 4) is 17.2 Å². The second kappa shape index (κ2) is 12.4. The van der Waals surface area contributed by atoms with Crippen LogP contribution in [0.15, 0.2) is 36.7 Å². The SMILES string of the molecule is COc1cc(C(=O)Nc2ncnc3cc(OCCCN4CCN(C)CC4)cc(OC(C)C)c23)ccc1Cl. The standard InChI is InChI=1S/C27H34ClN5O4/c1-18(2)37-24-16-20(36-13-5-8-33-11-9-32(3)10-12-33)15-22-25(24)26(30-17-29-22)31-27(34)19-6-7-21(28)23(14-19)35-4/h6-7,14-18H,5,8-13H2,1-4H3,(H,29,30,31,34). The number of carbonyl (C=O) groups is 1. The number of aromatic nitrogens is 2. The lowest BCUT2D eigenvalue weighted by Gasteiger charge is -2.32. The number of nitrogens with zero attached hydrogens (tertiary/aromatic N) is 4. The summed E-state index contributed by atoms with van der Waals surface area (Å²) in [4.78, 5) is 26.6. The average molecular weight is 528 g/mol. The van der Waals surface area contributed by atoms with Crippen molar-refractivity contribution >= 4 is 34.2 Å². The van der Waals surface area contributed by atoms with Gasteiger partial charge in [0.15, 0.2) is 0 Å². The van der Waals surface area contributed by atoms with E-state index in [4.69, 9.17) is 25.8 Å². The molecule has 1 aromatic heterocycles. The maximum Gasteiger partial charge on any atom is 0.256 e. The van der Waals surface area contributed by atoms with Crippen molar-refractivity contribution in [1.82, 2.24) is 19.8 Å². The summed E-state index contributed by atoms with van der Waals surface area (Å²) < 4.78 is 17.4. The first-order valence-corrected chi connectivity index (χ1v) is 12.9. The summed E-state index contributed by atoms with van der Waals surface area (Å²) in [5.41, 5.74) is 1.01. The Morgan fingerprint density at radius 3 is 2.62 bits per heavy atom. The molecule has 0 aliphatic carbocycles. The third kappa shape index (κ3) is 7.00. The number of hydrogen-bond donors (Lipinski definition) is 1. The Morgan fingerprint density at radius 1 is 1.11 bits per heavy atom. The van der Waals surface area contributed by atoms with E-state index in [1.807, 2.05) is 26.0 Å². The predicted octanol–water partition coefficient (Wildman–Crippen LogP) is 4.35. The minimum atomic E-state index is -0.352. The number of ether oxygens (including phenoxy) is 3. The summed E-state index contributed by atoms with van der Waals surface area (Å²) in [5.74, 6) is 1.63. The van der Waals surface area contributed by atoms with E-state index < -0.39 is 0 Å². The molecular formula is C27H34ClN5O4. The van der Waals surface area contributed by atoms with Crippen molar-refractivity contribution in [3.05, 3.63) is 47.2 Å². The molecule has 0 bridgehead atoms. The van der Waals surface area contributed by atoms with Crippen molar-refractivity contribution in [3.63, 3.8) is 0 Å². The minimum absolute atomic E-state index is 0.0973. The van der Waals surface area contributed by atoms with Gasteiger partial charge in [0, 0.05) is 50.4 Å². The van der Waals surface area contributed by atoms with Gasteiger partial charge in [0.2, 0.25) is 0 Å². The second-order valence-electron chi connectivity index (χ2n) is 9.35. The van der Waals surface area contributed by atoms with Crippen LogP contribution in [0.1, 0.15) is 30.6 Å². The molecule has 0 atom stereocenters. The fourth-order valence-corrected chi connectivity index (χ4v) is 4.38. The van der Waals surface area contributed by atoms with Gasteiger partial charge in [-0.05, 0) is 45.5 Å². The number of amides is 1. The predicted molar refractivity (Wildman–Crippen MR) is 145 cm³/mol. The van der Waals surface area contributed by atoms with E-state index in [1.165, 1.54) is 13.4 Å². The lowest BCUT2D eigenvalue weighted by atomic mass is 10.1. The highest BCUT2D eigenvalue weighted by Gasteiger charge is 2.18.